The van der Waals surface area contributed by atoms with E-state index in [9.17, 15) is 19.5 Å². The Morgan fingerprint density at radius 2 is 1.61 bits per heavy atom. The first kappa shape index (κ1) is 19.6. The van der Waals surface area contributed by atoms with Gasteiger partial charge in [0.2, 0.25) is 0 Å². The maximum atomic E-state index is 12.9. The number of amides is 2. The number of aliphatic carboxylic acids is 1. The van der Waals surface area contributed by atoms with Crippen molar-refractivity contribution in [1.29, 1.82) is 0 Å². The molecule has 1 N–H and O–H groups in total. The number of carbonyl (C=O) groups excluding carboxylic acids is 2. The van der Waals surface area contributed by atoms with Gasteiger partial charge in [0, 0.05) is 37.3 Å². The van der Waals surface area contributed by atoms with Crippen molar-refractivity contribution < 1.29 is 19.5 Å². The third kappa shape index (κ3) is 3.76. The summed E-state index contributed by atoms with van der Waals surface area (Å²) in [7, 11) is 0. The molecule has 1 aliphatic rings. The molecule has 2 amide bonds. The molecule has 2 aromatic carbocycles. The lowest BCUT2D eigenvalue weighted by Gasteiger charge is -2.33. The molecule has 6 heteroatoms. The summed E-state index contributed by atoms with van der Waals surface area (Å²) in [6.07, 6.45) is 0. The van der Waals surface area contributed by atoms with Gasteiger partial charge in [0.1, 0.15) is 0 Å². The Bertz CT molecular complexity index is 888. The van der Waals surface area contributed by atoms with Gasteiger partial charge in [0.25, 0.3) is 11.8 Å². The summed E-state index contributed by atoms with van der Waals surface area (Å²) < 4.78 is 0. The first-order valence-corrected chi connectivity index (χ1v) is 9.45. The number of nitrogens with zero attached hydrogens (tertiary/aromatic N) is 2. The van der Waals surface area contributed by atoms with Crippen molar-refractivity contribution in [1.82, 2.24) is 9.80 Å². The Hall–Kier alpha value is -3.15. The second kappa shape index (κ2) is 8.25. The van der Waals surface area contributed by atoms with Crippen LogP contribution in [0.1, 0.15) is 51.6 Å². The van der Waals surface area contributed by atoms with Crippen molar-refractivity contribution in [2.45, 2.75) is 26.3 Å². The molecule has 0 radical (unpaired) electrons. The molecule has 146 valence electrons. The van der Waals surface area contributed by atoms with E-state index in [4.69, 9.17) is 0 Å². The van der Waals surface area contributed by atoms with Crippen LogP contribution in [0.15, 0.2) is 48.5 Å². The van der Waals surface area contributed by atoms with Crippen LogP contribution in [0.25, 0.3) is 0 Å². The van der Waals surface area contributed by atoms with Gasteiger partial charge in [-0.2, -0.15) is 0 Å². The van der Waals surface area contributed by atoms with Crippen molar-refractivity contribution in [2.75, 3.05) is 19.6 Å². The fraction of sp³-hybridized carbons (Fsp3) is 0.318. The van der Waals surface area contributed by atoms with E-state index in [0.717, 1.165) is 11.1 Å². The second-order valence-corrected chi connectivity index (χ2v) is 6.83. The highest BCUT2D eigenvalue weighted by Gasteiger charge is 2.32. The van der Waals surface area contributed by atoms with Crippen LogP contribution in [0, 0.1) is 0 Å². The molecule has 0 aliphatic carbocycles. The standard InChI is InChI=1S/C22H24N2O4/c1-3-23(4-2)20(25)15-9-11-16(12-10-15)21(26)24-13-17-7-5-6-8-18(17)19(14-24)22(27)28/h5-12,19H,3-4,13-14H2,1-2H3,(H,27,28). The molecule has 1 unspecified atom stereocenters. The van der Waals surface area contributed by atoms with Crippen LogP contribution in [0.4, 0.5) is 0 Å². The molecule has 0 bridgehead atoms. The van der Waals surface area contributed by atoms with E-state index in [-0.39, 0.29) is 18.4 Å². The minimum Gasteiger partial charge on any atom is -0.481 e. The molecule has 0 aromatic heterocycles. The molecule has 0 saturated carbocycles. The highest BCUT2D eigenvalue weighted by molar-refractivity contribution is 5.98. The summed E-state index contributed by atoms with van der Waals surface area (Å²) in [5, 5.41) is 9.57. The lowest BCUT2D eigenvalue weighted by Crippen LogP contribution is -2.40. The van der Waals surface area contributed by atoms with Crippen molar-refractivity contribution in [3.05, 3.63) is 70.8 Å². The van der Waals surface area contributed by atoms with Gasteiger partial charge < -0.3 is 14.9 Å². The average molecular weight is 380 g/mol. The summed E-state index contributed by atoms with van der Waals surface area (Å²) in [4.78, 5) is 40.3. The van der Waals surface area contributed by atoms with Gasteiger partial charge in [-0.1, -0.05) is 24.3 Å². The fourth-order valence-electron chi connectivity index (χ4n) is 3.60. The van der Waals surface area contributed by atoms with Crippen molar-refractivity contribution >= 4 is 17.8 Å². The smallest absolute Gasteiger partial charge is 0.312 e. The molecule has 0 spiro atoms. The summed E-state index contributed by atoms with van der Waals surface area (Å²) in [5.74, 6) is -1.98. The molecule has 1 atom stereocenters. The number of carboxylic acid groups (broad SMARTS) is 1. The van der Waals surface area contributed by atoms with Crippen LogP contribution in [0.3, 0.4) is 0 Å². The first-order valence-electron chi connectivity index (χ1n) is 9.45. The minimum absolute atomic E-state index is 0.0677. The second-order valence-electron chi connectivity index (χ2n) is 6.83. The molecule has 1 heterocycles. The van der Waals surface area contributed by atoms with E-state index < -0.39 is 11.9 Å². The number of hydrogen-bond donors (Lipinski definition) is 1. The normalized spacial score (nSPS) is 15.6. The highest BCUT2D eigenvalue weighted by atomic mass is 16.4. The predicted molar refractivity (Wildman–Crippen MR) is 105 cm³/mol. The maximum Gasteiger partial charge on any atom is 0.312 e. The van der Waals surface area contributed by atoms with Gasteiger partial charge in [0.05, 0.1) is 5.92 Å². The number of carbonyl (C=O) groups is 3. The van der Waals surface area contributed by atoms with Gasteiger partial charge in [-0.3, -0.25) is 14.4 Å². The summed E-state index contributed by atoms with van der Waals surface area (Å²) in [6, 6.07) is 13.9. The highest BCUT2D eigenvalue weighted by Crippen LogP contribution is 2.29. The van der Waals surface area contributed by atoms with Crippen molar-refractivity contribution in [3.8, 4) is 0 Å². The molecular formula is C22H24N2O4. The van der Waals surface area contributed by atoms with Crippen LogP contribution < -0.4 is 0 Å². The van der Waals surface area contributed by atoms with Gasteiger partial charge >= 0.3 is 5.97 Å². The van der Waals surface area contributed by atoms with Gasteiger partial charge in [-0.25, -0.2) is 0 Å². The van der Waals surface area contributed by atoms with Gasteiger partial charge in [-0.15, -0.1) is 0 Å². The monoisotopic (exact) mass is 380 g/mol. The fourth-order valence-corrected chi connectivity index (χ4v) is 3.60. The third-order valence-electron chi connectivity index (χ3n) is 5.21. The van der Waals surface area contributed by atoms with Gasteiger partial charge in [-0.05, 0) is 49.2 Å². The Labute approximate surface area is 164 Å². The summed E-state index contributed by atoms with van der Waals surface area (Å²) >= 11 is 0. The number of rotatable bonds is 5. The van der Waals surface area contributed by atoms with Gasteiger partial charge in [0.15, 0.2) is 0 Å². The maximum absolute atomic E-state index is 12.9. The van der Waals surface area contributed by atoms with Crippen LogP contribution in [-0.4, -0.2) is 52.3 Å². The van der Waals surface area contributed by atoms with E-state index in [0.29, 0.717) is 30.8 Å². The average Bonchev–Trinajstić information content (AvgIpc) is 2.73. The third-order valence-corrected chi connectivity index (χ3v) is 5.21. The zero-order valence-electron chi connectivity index (χ0n) is 16.1. The Morgan fingerprint density at radius 3 is 2.21 bits per heavy atom. The van der Waals surface area contributed by atoms with E-state index >= 15 is 0 Å². The zero-order valence-corrected chi connectivity index (χ0v) is 16.1. The van der Waals surface area contributed by atoms with E-state index in [1.165, 1.54) is 0 Å². The zero-order chi connectivity index (χ0) is 20.3. The molecule has 6 nitrogen and oxygen atoms in total. The Kier molecular flexibility index (Phi) is 5.78. The van der Waals surface area contributed by atoms with Crippen LogP contribution in [-0.2, 0) is 11.3 Å². The summed E-state index contributed by atoms with van der Waals surface area (Å²) in [6.45, 7) is 5.60. The Morgan fingerprint density at radius 1 is 1.00 bits per heavy atom. The van der Waals surface area contributed by atoms with E-state index in [1.54, 1.807) is 34.1 Å². The van der Waals surface area contributed by atoms with Crippen LogP contribution in [0.2, 0.25) is 0 Å². The SMILES string of the molecule is CCN(CC)C(=O)c1ccc(C(=O)N2Cc3ccccc3C(C(=O)O)C2)cc1. The number of fused-ring (bicyclic) bond motifs is 1. The molecule has 1 aliphatic heterocycles. The first-order chi connectivity index (χ1) is 13.5. The molecule has 0 fully saturated rings. The molecule has 0 saturated heterocycles. The molecule has 28 heavy (non-hydrogen) atoms. The van der Waals surface area contributed by atoms with Crippen molar-refractivity contribution in [2.24, 2.45) is 0 Å². The van der Waals surface area contributed by atoms with E-state index in [1.807, 2.05) is 38.1 Å². The largest absolute Gasteiger partial charge is 0.481 e. The van der Waals surface area contributed by atoms with Crippen molar-refractivity contribution in [3.63, 3.8) is 0 Å². The number of carboxylic acids is 1. The molecule has 3 rings (SSSR count). The van der Waals surface area contributed by atoms with Crippen LogP contribution >= 0.6 is 0 Å². The predicted octanol–water partition coefficient (Wildman–Crippen LogP) is 2.99. The number of benzene rings is 2. The molecular weight excluding hydrogens is 356 g/mol. The minimum atomic E-state index is -0.940. The quantitative estimate of drug-likeness (QED) is 0.865. The number of hydrogen-bond acceptors (Lipinski definition) is 3. The lowest BCUT2D eigenvalue weighted by atomic mass is 9.89. The van der Waals surface area contributed by atoms with Crippen LogP contribution in [0.5, 0.6) is 0 Å². The topological polar surface area (TPSA) is 77.9 Å². The molecule has 2 aromatic rings. The Balaban J connectivity index is 1.81. The summed E-state index contributed by atoms with van der Waals surface area (Å²) in [5.41, 5.74) is 2.59. The van der Waals surface area contributed by atoms with E-state index in [2.05, 4.69) is 0 Å². The lowest BCUT2D eigenvalue weighted by molar-refractivity contribution is -0.139.